The number of H-pyrrole nitrogens is 1. The molecule has 0 spiro atoms. The summed E-state index contributed by atoms with van der Waals surface area (Å²) in [4.78, 5) is 177. The minimum atomic E-state index is -2.13. The topological polar surface area (TPSA) is 559 Å². The molecule has 2 heterocycles. The van der Waals surface area contributed by atoms with Gasteiger partial charge in [0.25, 0.3) is 17.9 Å². The quantitative estimate of drug-likeness (QED) is 0.00860. The molecular formula is C43H55N15O19S2. The molecule has 6 amide bonds. The van der Waals surface area contributed by atoms with Crippen molar-refractivity contribution in [2.45, 2.75) is 87.7 Å². The number of carbonyl (C=O) groups is 12. The normalized spacial score (nSPS) is 13.0. The number of fused-ring (bicyclic) bond motifs is 1. The maximum atomic E-state index is 13.8. The van der Waals surface area contributed by atoms with Crippen LogP contribution in [0.5, 0.6) is 0 Å². The van der Waals surface area contributed by atoms with Crippen molar-refractivity contribution in [2.24, 2.45) is 5.73 Å². The Balaban J connectivity index is 1.71. The van der Waals surface area contributed by atoms with Crippen LogP contribution in [0.15, 0.2) is 35.3 Å². The minimum absolute atomic E-state index is 0.0101. The number of amides is 6. The van der Waals surface area contributed by atoms with Crippen LogP contribution >= 0.6 is 21.6 Å². The van der Waals surface area contributed by atoms with E-state index in [4.69, 9.17) is 16.9 Å². The first kappa shape index (κ1) is 63.9. The monoisotopic (exact) mass is 1150 g/mol. The van der Waals surface area contributed by atoms with Crippen LogP contribution < -0.4 is 59.6 Å². The average molecular weight is 1150 g/mol. The predicted octanol–water partition coefficient (Wildman–Crippen LogP) is -4.38. The highest BCUT2D eigenvalue weighted by Crippen LogP contribution is 2.22. The third-order valence-electron chi connectivity index (χ3n) is 10.3. The number of aromatic amines is 1. The second-order valence-electron chi connectivity index (χ2n) is 16.4. The van der Waals surface area contributed by atoms with Crippen molar-refractivity contribution >= 4 is 122 Å². The van der Waals surface area contributed by atoms with Gasteiger partial charge < -0.3 is 84.3 Å². The van der Waals surface area contributed by atoms with Gasteiger partial charge in [0, 0.05) is 35.7 Å². The van der Waals surface area contributed by atoms with E-state index < -0.39 is 152 Å². The number of benzene rings is 1. The molecule has 0 aliphatic heterocycles. The van der Waals surface area contributed by atoms with Crippen molar-refractivity contribution in [3.8, 4) is 0 Å². The third kappa shape index (κ3) is 23.2. The van der Waals surface area contributed by atoms with Crippen LogP contribution in [0, 0.1) is 5.41 Å². The first-order chi connectivity index (χ1) is 37.4. The zero-order chi connectivity index (χ0) is 58.8. The van der Waals surface area contributed by atoms with E-state index in [1.54, 1.807) is 0 Å². The van der Waals surface area contributed by atoms with Crippen molar-refractivity contribution in [3.05, 3.63) is 52.1 Å². The lowest BCUT2D eigenvalue weighted by Crippen LogP contribution is -2.59. The highest BCUT2D eigenvalue weighted by molar-refractivity contribution is 8.76. The van der Waals surface area contributed by atoms with Gasteiger partial charge in [0.15, 0.2) is 17.1 Å². The van der Waals surface area contributed by atoms with Gasteiger partial charge in [-0.1, -0.05) is 21.6 Å². The molecule has 1 aromatic carbocycles. The van der Waals surface area contributed by atoms with Gasteiger partial charge in [-0.3, -0.25) is 63.1 Å². The fraction of sp³-hybridized carbons (Fsp3) is 0.419. The number of aliphatic carboxylic acids is 5. The number of carbonyl (C=O) groups excluding carboxylic acids is 7. The molecule has 2 aromatic heterocycles. The molecule has 79 heavy (non-hydrogen) atoms. The van der Waals surface area contributed by atoms with Crippen molar-refractivity contribution in [1.29, 1.82) is 5.41 Å². The number of nitrogens with one attached hydrogen (secondary N) is 10. The van der Waals surface area contributed by atoms with Crippen LogP contribution in [-0.4, -0.2) is 184 Å². The second-order valence-corrected chi connectivity index (χ2v) is 19.0. The van der Waals surface area contributed by atoms with Gasteiger partial charge in [-0.25, -0.2) is 19.6 Å². The minimum Gasteiger partial charge on any atom is -0.481 e. The lowest BCUT2D eigenvalue weighted by Gasteiger charge is -2.26. The molecule has 2 unspecified atom stereocenters. The van der Waals surface area contributed by atoms with Crippen LogP contribution in [0.3, 0.4) is 0 Å². The van der Waals surface area contributed by atoms with E-state index >= 15 is 0 Å². The SMILES string of the molecule is N=C(N)NCCC[C@H](NC(=O)[C@H](CC(=O)O)NC(=O)CCC(NC(=O)c1ccc(NCc2cnc3nc(N)[nH]c(=O)c3n2)cc1)C(=O)O)C(=O)NC(CC(=O)O)C(=O)N[C@@H](CC(=O)O)C(=O)N[C@@H](CSSCCOC=O)C(=O)O. The summed E-state index contributed by atoms with van der Waals surface area (Å²) in [6, 6.07) is -5.70. The molecule has 0 aliphatic rings. The molecule has 0 saturated carbocycles. The summed E-state index contributed by atoms with van der Waals surface area (Å²) in [6.07, 6.45) is -4.00. The zero-order valence-electron chi connectivity index (χ0n) is 41.2. The summed E-state index contributed by atoms with van der Waals surface area (Å²) < 4.78 is 4.52. The number of aromatic nitrogens is 4. The Hall–Kier alpha value is -9.35. The van der Waals surface area contributed by atoms with E-state index in [1.807, 2.05) is 5.32 Å². The molecule has 0 fully saturated rings. The first-order valence-corrected chi connectivity index (χ1v) is 25.5. The number of carboxylic acids is 5. The molecule has 0 saturated heterocycles. The molecule has 0 radical (unpaired) electrons. The molecule has 36 heteroatoms. The van der Waals surface area contributed by atoms with Crippen LogP contribution in [0.1, 0.15) is 61.0 Å². The van der Waals surface area contributed by atoms with Gasteiger partial charge in [-0.2, -0.15) is 4.98 Å². The van der Waals surface area contributed by atoms with Crippen molar-refractivity contribution in [3.63, 3.8) is 0 Å². The summed E-state index contributed by atoms with van der Waals surface area (Å²) in [5.41, 5.74) is 11.0. The number of nitrogen functional groups attached to an aromatic ring is 1. The number of hydrogen-bond donors (Lipinski definition) is 17. The summed E-state index contributed by atoms with van der Waals surface area (Å²) >= 11 is 0. The maximum absolute atomic E-state index is 13.8. The van der Waals surface area contributed by atoms with Gasteiger partial charge in [0.05, 0.1) is 37.7 Å². The number of guanidine groups is 1. The number of nitrogens with zero attached hydrogens (tertiary/aromatic N) is 3. The standard InChI is InChI=1S/C43H55N15O19S2/c44-42(45)47-9-1-2-22(35(68)54-25(13-30(63)64)37(70)55-26(14-31(65)66)38(71)56-27(41(75)76)17-79-78-11-10-77-18-59)52-36(69)24(12-29(61)62)51-28(60)8-7-23(40(73)74)53-34(67)19-3-5-20(6-4-19)48-15-21-16-49-33-32(50-21)39(72)58-43(46)57-33/h3-6,16,18,22-27,48H,1-2,7-15,17H2,(H,51,60)(H,52,69)(H,53,67)(H,54,68)(H,55,70)(H,56,71)(H,61,62)(H,63,64)(H,65,66)(H,73,74)(H,75,76)(H4,44,45,47)(H3,46,49,57,58,72)/t22-,23?,24-,25?,26-,27-/m0/s1. The van der Waals surface area contributed by atoms with Crippen LogP contribution in [0.25, 0.3) is 11.2 Å². The van der Waals surface area contributed by atoms with E-state index in [-0.39, 0.29) is 66.8 Å². The van der Waals surface area contributed by atoms with Crippen LogP contribution in [0.4, 0.5) is 11.6 Å². The van der Waals surface area contributed by atoms with E-state index in [0.29, 0.717) is 11.4 Å². The predicted molar refractivity (Wildman–Crippen MR) is 274 cm³/mol. The molecule has 19 N–H and O–H groups in total. The molecular weight excluding hydrogens is 1090 g/mol. The van der Waals surface area contributed by atoms with E-state index in [9.17, 15) is 87.9 Å². The number of anilines is 2. The Morgan fingerprint density at radius 3 is 1.80 bits per heavy atom. The second kappa shape index (κ2) is 32.3. The lowest BCUT2D eigenvalue weighted by molar-refractivity contribution is -0.144. The Morgan fingerprint density at radius 2 is 1.25 bits per heavy atom. The van der Waals surface area contributed by atoms with Gasteiger partial charge in [-0.05, 0) is 43.5 Å². The zero-order valence-corrected chi connectivity index (χ0v) is 42.8. The third-order valence-corrected chi connectivity index (χ3v) is 12.7. The average Bonchev–Trinajstić information content (AvgIpc) is 3.37. The summed E-state index contributed by atoms with van der Waals surface area (Å²) in [7, 11) is 2.00. The van der Waals surface area contributed by atoms with Crippen LogP contribution in [0.2, 0.25) is 0 Å². The Kier molecular flexibility index (Phi) is 26.1. The van der Waals surface area contributed by atoms with Crippen LogP contribution in [-0.2, 0) is 64.0 Å². The Morgan fingerprint density at radius 1 is 0.709 bits per heavy atom. The number of hydrogen-bond acceptors (Lipinski definition) is 22. The van der Waals surface area contributed by atoms with E-state index in [2.05, 4.69) is 61.9 Å². The van der Waals surface area contributed by atoms with E-state index in [1.165, 1.54) is 30.5 Å². The van der Waals surface area contributed by atoms with Gasteiger partial charge in [0.1, 0.15) is 42.9 Å². The van der Waals surface area contributed by atoms with Crippen molar-refractivity contribution in [1.82, 2.24) is 57.2 Å². The lowest BCUT2D eigenvalue weighted by atomic mass is 10.1. The van der Waals surface area contributed by atoms with Crippen molar-refractivity contribution in [2.75, 3.05) is 35.7 Å². The molecule has 34 nitrogen and oxygen atoms in total. The highest BCUT2D eigenvalue weighted by atomic mass is 33.1. The van der Waals surface area contributed by atoms with Gasteiger partial charge in [0.2, 0.25) is 35.5 Å². The van der Waals surface area contributed by atoms with Crippen molar-refractivity contribution < 1.29 is 87.8 Å². The number of rotatable bonds is 36. The smallest absolute Gasteiger partial charge is 0.327 e. The van der Waals surface area contributed by atoms with E-state index in [0.717, 1.165) is 21.6 Å². The molecule has 6 atom stereocenters. The largest absolute Gasteiger partial charge is 0.481 e. The summed E-state index contributed by atoms with van der Waals surface area (Å²) in [5, 5.41) is 73.8. The molecule has 3 aromatic rings. The number of ether oxygens (including phenoxy) is 1. The Labute approximate surface area is 452 Å². The Bertz CT molecular complexity index is 2810. The summed E-state index contributed by atoms with van der Waals surface area (Å²) in [5.74, 6) is -16.4. The molecule has 3 rings (SSSR count). The summed E-state index contributed by atoms with van der Waals surface area (Å²) in [6.45, 7) is 0.144. The molecule has 0 bridgehead atoms. The first-order valence-electron chi connectivity index (χ1n) is 23.0. The molecule has 0 aliphatic carbocycles. The molecule has 428 valence electrons. The fourth-order valence-electron chi connectivity index (χ4n) is 6.55. The fourth-order valence-corrected chi connectivity index (χ4v) is 8.54. The highest BCUT2D eigenvalue weighted by Gasteiger charge is 2.35. The van der Waals surface area contributed by atoms with Gasteiger partial charge >= 0.3 is 29.8 Å². The number of carboxylic acid groups (broad SMARTS) is 5. The number of nitrogens with two attached hydrogens (primary N) is 2. The van der Waals surface area contributed by atoms with Gasteiger partial charge in [-0.15, -0.1) is 0 Å². The maximum Gasteiger partial charge on any atom is 0.327 e.